The smallest absolute Gasteiger partial charge is 0.397 e. The van der Waals surface area contributed by atoms with Gasteiger partial charge in [-0.3, -0.25) is 18.7 Å². The van der Waals surface area contributed by atoms with Gasteiger partial charge in [0.2, 0.25) is 0 Å². The van der Waals surface area contributed by atoms with Gasteiger partial charge in [-0.05, 0) is 12.8 Å². The number of rotatable bonds is 31. The highest BCUT2D eigenvalue weighted by atomic mass is 32.3. The average Bonchev–Trinajstić information content (AvgIpc) is 3.03. The Labute approximate surface area is 300 Å². The fourth-order valence-electron chi connectivity index (χ4n) is 5.99. The highest BCUT2D eigenvalue weighted by molar-refractivity contribution is 7.81. The Kier molecular flexibility index (Phi) is 25.4. The zero-order chi connectivity index (χ0) is 37.3. The minimum Gasteiger partial charge on any atom is -0.455 e. The molecule has 14 nitrogen and oxygen atoms in total. The van der Waals surface area contributed by atoms with Crippen LogP contribution in [-0.4, -0.2) is 80.3 Å². The summed E-state index contributed by atoms with van der Waals surface area (Å²) < 4.78 is 89.5. The summed E-state index contributed by atoms with van der Waals surface area (Å²) in [4.78, 5) is 25.7. The van der Waals surface area contributed by atoms with Gasteiger partial charge in [0.1, 0.15) is 12.2 Å². The zero-order valence-corrected chi connectivity index (χ0v) is 31.8. The van der Waals surface area contributed by atoms with Crippen molar-refractivity contribution in [3.05, 3.63) is 0 Å². The molecule has 3 N–H and O–H groups in total. The van der Waals surface area contributed by atoms with Crippen LogP contribution in [0.1, 0.15) is 168 Å². The van der Waals surface area contributed by atoms with Gasteiger partial charge in [0.25, 0.3) is 0 Å². The predicted molar refractivity (Wildman–Crippen MR) is 187 cm³/mol. The minimum absolute atomic E-state index is 0.0429. The Morgan fingerprint density at radius 3 is 1.26 bits per heavy atom. The maximum absolute atomic E-state index is 12.9. The fraction of sp³-hybridized carbons (Fsp3) is 0.941. The lowest BCUT2D eigenvalue weighted by molar-refractivity contribution is -0.288. The van der Waals surface area contributed by atoms with E-state index in [0.29, 0.717) is 12.8 Å². The highest BCUT2D eigenvalue weighted by Gasteiger charge is 2.52. The molecular formula is C34H64O14S2. The van der Waals surface area contributed by atoms with Gasteiger partial charge in [0, 0.05) is 12.8 Å². The van der Waals surface area contributed by atoms with Gasteiger partial charge in [-0.25, -0.2) is 8.37 Å². The average molecular weight is 761 g/mol. The van der Waals surface area contributed by atoms with E-state index >= 15 is 0 Å². The second-order valence-corrected chi connectivity index (χ2v) is 15.4. The maximum atomic E-state index is 12.9. The van der Waals surface area contributed by atoms with Crippen molar-refractivity contribution in [2.24, 2.45) is 0 Å². The van der Waals surface area contributed by atoms with Gasteiger partial charge in [0.05, 0.1) is 6.61 Å². The van der Waals surface area contributed by atoms with E-state index in [0.717, 1.165) is 57.8 Å². The first-order valence-corrected chi connectivity index (χ1v) is 21.5. The quantitative estimate of drug-likeness (QED) is 0.0372. The summed E-state index contributed by atoms with van der Waals surface area (Å²) in [5.74, 6) is -1.61. The zero-order valence-electron chi connectivity index (χ0n) is 30.2. The number of esters is 2. The summed E-state index contributed by atoms with van der Waals surface area (Å²) in [6, 6.07) is 0. The molecule has 0 amide bonds. The van der Waals surface area contributed by atoms with Crippen molar-refractivity contribution in [1.29, 1.82) is 0 Å². The molecule has 0 aliphatic carbocycles. The van der Waals surface area contributed by atoms with E-state index < -0.39 is 70.0 Å². The third kappa shape index (κ3) is 24.0. The molecule has 5 atom stereocenters. The number of ether oxygens (including phenoxy) is 3. The highest BCUT2D eigenvalue weighted by Crippen LogP contribution is 2.30. The molecule has 296 valence electrons. The molecule has 1 aliphatic heterocycles. The SMILES string of the molecule is CCCCCCCCCCCCCC(=O)O[C@@H]1[C@@H](OC(=O)CCCCCCCCCCCCC)[C@@H](O)O[C@H](COS(=O)(=O)O)[C@H]1OS(=O)(=O)O. The van der Waals surface area contributed by atoms with Crippen LogP contribution >= 0.6 is 0 Å². The van der Waals surface area contributed by atoms with Crippen molar-refractivity contribution in [3.8, 4) is 0 Å². The number of carbonyl (C=O) groups is 2. The predicted octanol–water partition coefficient (Wildman–Crippen LogP) is 6.94. The van der Waals surface area contributed by atoms with Crippen molar-refractivity contribution < 1.29 is 63.2 Å². The molecular weight excluding hydrogens is 696 g/mol. The molecule has 0 unspecified atom stereocenters. The van der Waals surface area contributed by atoms with Crippen molar-refractivity contribution >= 4 is 32.7 Å². The largest absolute Gasteiger partial charge is 0.455 e. The molecule has 0 saturated carbocycles. The van der Waals surface area contributed by atoms with E-state index in [1.807, 2.05) is 0 Å². The molecule has 0 bridgehead atoms. The van der Waals surface area contributed by atoms with Gasteiger partial charge >= 0.3 is 32.7 Å². The molecule has 0 aromatic rings. The van der Waals surface area contributed by atoms with Crippen molar-refractivity contribution in [3.63, 3.8) is 0 Å². The third-order valence-electron chi connectivity index (χ3n) is 8.73. The lowest BCUT2D eigenvalue weighted by atomic mass is 9.98. The van der Waals surface area contributed by atoms with E-state index in [2.05, 4.69) is 22.2 Å². The van der Waals surface area contributed by atoms with Crippen LogP contribution in [0.2, 0.25) is 0 Å². The first-order chi connectivity index (χ1) is 23.8. The van der Waals surface area contributed by atoms with Crippen LogP contribution in [0.25, 0.3) is 0 Å². The molecule has 1 heterocycles. The summed E-state index contributed by atoms with van der Waals surface area (Å²) in [7, 11) is -10.3. The van der Waals surface area contributed by atoms with E-state index in [9.17, 15) is 36.1 Å². The Hall–Kier alpha value is -1.40. The first-order valence-electron chi connectivity index (χ1n) is 18.8. The molecule has 16 heteroatoms. The first kappa shape index (κ1) is 46.6. The number of aliphatic hydroxyl groups excluding tert-OH is 1. The number of aliphatic hydroxyl groups is 1. The summed E-state index contributed by atoms with van der Waals surface area (Å²) in [5.41, 5.74) is 0. The lowest BCUT2D eigenvalue weighted by Gasteiger charge is -2.42. The number of hydrogen-bond donors (Lipinski definition) is 3. The Morgan fingerprint density at radius 2 is 0.900 bits per heavy atom. The summed E-state index contributed by atoms with van der Waals surface area (Å²) >= 11 is 0. The summed E-state index contributed by atoms with van der Waals surface area (Å²) in [6.45, 7) is 3.27. The van der Waals surface area contributed by atoms with E-state index in [1.165, 1.54) is 70.6 Å². The van der Waals surface area contributed by atoms with Gasteiger partial charge in [-0.2, -0.15) is 16.8 Å². The van der Waals surface area contributed by atoms with Crippen molar-refractivity contribution in [1.82, 2.24) is 0 Å². The molecule has 50 heavy (non-hydrogen) atoms. The molecule has 0 aromatic carbocycles. The summed E-state index contributed by atoms with van der Waals surface area (Å²) in [6.07, 6.45) is 13.6. The van der Waals surface area contributed by atoms with Gasteiger partial charge in [-0.1, -0.05) is 142 Å². The van der Waals surface area contributed by atoms with Crippen molar-refractivity contribution in [2.45, 2.75) is 199 Å². The monoisotopic (exact) mass is 760 g/mol. The van der Waals surface area contributed by atoms with E-state index in [1.54, 1.807) is 0 Å². The van der Waals surface area contributed by atoms with Gasteiger partial charge in [-0.15, -0.1) is 0 Å². The van der Waals surface area contributed by atoms with Gasteiger partial charge < -0.3 is 19.3 Å². The van der Waals surface area contributed by atoms with Crippen LogP contribution in [0, 0.1) is 0 Å². The van der Waals surface area contributed by atoms with Crippen LogP contribution < -0.4 is 0 Å². The number of hydrogen-bond acceptors (Lipinski definition) is 12. The van der Waals surface area contributed by atoms with Crippen LogP contribution in [-0.2, 0) is 53.0 Å². The van der Waals surface area contributed by atoms with Crippen LogP contribution in [0.3, 0.4) is 0 Å². The molecule has 1 rings (SSSR count). The summed E-state index contributed by atoms with van der Waals surface area (Å²) in [5, 5.41) is 10.7. The topological polar surface area (TPSA) is 209 Å². The third-order valence-corrected chi connectivity index (χ3v) is 9.63. The lowest BCUT2D eigenvalue weighted by Crippen LogP contribution is -2.62. The molecule has 1 fully saturated rings. The molecule has 0 aromatic heterocycles. The number of carbonyl (C=O) groups excluding carboxylic acids is 2. The van der Waals surface area contributed by atoms with E-state index in [-0.39, 0.29) is 12.8 Å². The second-order valence-electron chi connectivity index (χ2n) is 13.2. The normalized spacial score (nSPS) is 21.3. The Balaban J connectivity index is 2.77. The van der Waals surface area contributed by atoms with Crippen molar-refractivity contribution in [2.75, 3.05) is 6.61 Å². The molecule has 1 aliphatic rings. The molecule has 0 spiro atoms. The van der Waals surface area contributed by atoms with Crippen LogP contribution in [0.4, 0.5) is 0 Å². The fourth-order valence-corrected chi connectivity index (χ4v) is 6.81. The van der Waals surface area contributed by atoms with E-state index in [4.69, 9.17) is 18.8 Å². The van der Waals surface area contributed by atoms with Crippen LogP contribution in [0.5, 0.6) is 0 Å². The maximum Gasteiger partial charge on any atom is 0.397 e. The second kappa shape index (κ2) is 27.2. The molecule has 0 radical (unpaired) electrons. The molecule has 1 saturated heterocycles. The Bertz CT molecular complexity index is 1110. The number of unbranched alkanes of at least 4 members (excludes halogenated alkanes) is 20. The van der Waals surface area contributed by atoms with Gasteiger partial charge in [0.15, 0.2) is 18.5 Å². The standard InChI is InChI=1S/C34H64O14S2/c1-3-5-7-9-11-13-15-17-19-21-23-25-29(35)46-32-31(48-50(41,42)43)28(27-44-49(38,39)40)45-34(37)33(32)47-30(36)26-24-22-20-18-16-14-12-10-8-6-4-2/h28,31-34,37H,3-27H2,1-2H3,(H,38,39,40)(H,41,42,43)/t28-,31-,32+,33-,34+/m1/s1. The van der Waals surface area contributed by atoms with Crippen LogP contribution in [0.15, 0.2) is 0 Å². The Morgan fingerprint density at radius 1 is 0.540 bits per heavy atom. The minimum atomic E-state index is -5.28.